The van der Waals surface area contributed by atoms with Crippen LogP contribution < -0.4 is 10.5 Å². The Labute approximate surface area is 154 Å². The summed E-state index contributed by atoms with van der Waals surface area (Å²) in [7, 11) is 1.69. The second kappa shape index (κ2) is 7.38. The number of hydrogen-bond acceptors (Lipinski definition) is 4. The van der Waals surface area contributed by atoms with Gasteiger partial charge >= 0.3 is 0 Å². The zero-order valence-electron chi connectivity index (χ0n) is 15.3. The van der Waals surface area contributed by atoms with Gasteiger partial charge in [0, 0.05) is 24.0 Å². The van der Waals surface area contributed by atoms with Gasteiger partial charge in [-0.1, -0.05) is 12.8 Å². The summed E-state index contributed by atoms with van der Waals surface area (Å²) in [4.78, 5) is 7.46. The molecule has 0 aliphatic carbocycles. The third kappa shape index (κ3) is 3.40. The summed E-state index contributed by atoms with van der Waals surface area (Å²) in [6, 6.07) is 12.0. The van der Waals surface area contributed by atoms with Crippen molar-refractivity contribution >= 4 is 11.3 Å². The molecule has 0 radical (unpaired) electrons. The number of ether oxygens (including phenoxy) is 1. The highest BCUT2D eigenvalue weighted by Crippen LogP contribution is 2.28. The molecule has 3 heterocycles. The molecule has 1 aromatic carbocycles. The third-order valence-electron chi connectivity index (χ3n) is 5.18. The van der Waals surface area contributed by atoms with Crippen LogP contribution in [0.5, 0.6) is 5.75 Å². The van der Waals surface area contributed by atoms with Crippen molar-refractivity contribution in [3.63, 3.8) is 0 Å². The molecule has 0 bridgehead atoms. The molecule has 2 aromatic heterocycles. The van der Waals surface area contributed by atoms with E-state index >= 15 is 0 Å². The number of methoxy groups -OCH3 is 1. The fourth-order valence-corrected chi connectivity index (χ4v) is 3.75. The Morgan fingerprint density at radius 3 is 2.42 bits per heavy atom. The first-order chi connectivity index (χ1) is 12.7. The Bertz CT molecular complexity index is 877. The Morgan fingerprint density at radius 2 is 1.73 bits per heavy atom. The molecule has 0 saturated carbocycles. The van der Waals surface area contributed by atoms with E-state index in [0.717, 1.165) is 48.0 Å². The lowest BCUT2D eigenvalue weighted by atomic mass is 10.1. The fraction of sp³-hybridized carbons (Fsp3) is 0.381. The SMILES string of the molecule is COc1ccc(-c2nc3ccc(N)cn3c2CN2CCCCCC2)cc1. The van der Waals surface area contributed by atoms with Crippen LogP contribution in [0.3, 0.4) is 0 Å². The normalized spacial score (nSPS) is 15.9. The molecule has 0 unspecified atom stereocenters. The topological polar surface area (TPSA) is 55.8 Å². The van der Waals surface area contributed by atoms with E-state index in [1.165, 1.54) is 31.4 Å². The number of aromatic nitrogens is 2. The van der Waals surface area contributed by atoms with Gasteiger partial charge in [-0.3, -0.25) is 4.90 Å². The van der Waals surface area contributed by atoms with Crippen LogP contribution in [-0.2, 0) is 6.54 Å². The van der Waals surface area contributed by atoms with E-state index in [1.807, 2.05) is 30.5 Å². The summed E-state index contributed by atoms with van der Waals surface area (Å²) in [5, 5.41) is 0. The molecule has 0 spiro atoms. The Kier molecular flexibility index (Phi) is 4.80. The summed E-state index contributed by atoms with van der Waals surface area (Å²) in [5.41, 5.74) is 11.1. The number of nitrogens with zero attached hydrogens (tertiary/aromatic N) is 3. The molecule has 26 heavy (non-hydrogen) atoms. The van der Waals surface area contributed by atoms with Crippen molar-refractivity contribution in [2.24, 2.45) is 0 Å². The zero-order chi connectivity index (χ0) is 17.9. The van der Waals surface area contributed by atoms with Crippen molar-refractivity contribution in [3.05, 3.63) is 48.3 Å². The van der Waals surface area contributed by atoms with E-state index in [9.17, 15) is 0 Å². The predicted octanol–water partition coefficient (Wildman–Crippen LogP) is 3.97. The standard InChI is InChI=1S/C21H26N4O/c1-26-18-9-6-16(7-10-18)21-19(15-24-12-4-2-3-5-13-24)25-14-17(22)8-11-20(25)23-21/h6-11,14H,2-5,12-13,15,22H2,1H3. The molecule has 5 heteroatoms. The molecular weight excluding hydrogens is 324 g/mol. The van der Waals surface area contributed by atoms with Gasteiger partial charge in [-0.2, -0.15) is 0 Å². The van der Waals surface area contributed by atoms with Crippen LogP contribution in [0, 0.1) is 0 Å². The van der Waals surface area contributed by atoms with Crippen molar-refractivity contribution in [1.82, 2.24) is 14.3 Å². The van der Waals surface area contributed by atoms with Crippen molar-refractivity contribution in [1.29, 1.82) is 0 Å². The Morgan fingerprint density at radius 1 is 1.00 bits per heavy atom. The lowest BCUT2D eigenvalue weighted by Gasteiger charge is -2.20. The lowest BCUT2D eigenvalue weighted by Crippen LogP contribution is -2.25. The van der Waals surface area contributed by atoms with Gasteiger partial charge in [0.1, 0.15) is 11.4 Å². The second-order valence-corrected chi connectivity index (χ2v) is 7.02. The third-order valence-corrected chi connectivity index (χ3v) is 5.18. The summed E-state index contributed by atoms with van der Waals surface area (Å²) in [6.45, 7) is 3.20. The van der Waals surface area contributed by atoms with E-state index in [2.05, 4.69) is 21.4 Å². The average molecular weight is 350 g/mol. The molecule has 136 valence electrons. The van der Waals surface area contributed by atoms with Crippen LogP contribution in [0.4, 0.5) is 5.69 Å². The monoisotopic (exact) mass is 350 g/mol. The second-order valence-electron chi connectivity index (χ2n) is 7.02. The summed E-state index contributed by atoms with van der Waals surface area (Å²) >= 11 is 0. The highest BCUT2D eigenvalue weighted by Gasteiger charge is 2.18. The first-order valence-corrected chi connectivity index (χ1v) is 9.38. The quantitative estimate of drug-likeness (QED) is 0.773. The van der Waals surface area contributed by atoms with Crippen molar-refractivity contribution in [2.75, 3.05) is 25.9 Å². The maximum Gasteiger partial charge on any atom is 0.137 e. The Balaban J connectivity index is 1.77. The minimum atomic E-state index is 0.758. The minimum Gasteiger partial charge on any atom is -0.497 e. The molecule has 4 rings (SSSR count). The molecule has 1 fully saturated rings. The molecule has 1 aliphatic heterocycles. The van der Waals surface area contributed by atoms with Gasteiger partial charge < -0.3 is 14.9 Å². The highest BCUT2D eigenvalue weighted by molar-refractivity contribution is 5.68. The van der Waals surface area contributed by atoms with Crippen molar-refractivity contribution < 1.29 is 4.74 Å². The average Bonchev–Trinajstić information content (AvgIpc) is 2.83. The first-order valence-electron chi connectivity index (χ1n) is 9.38. The van der Waals surface area contributed by atoms with Crippen molar-refractivity contribution in [2.45, 2.75) is 32.2 Å². The minimum absolute atomic E-state index is 0.758. The number of imidazole rings is 1. The van der Waals surface area contributed by atoms with E-state index in [0.29, 0.717) is 0 Å². The molecule has 2 N–H and O–H groups in total. The van der Waals surface area contributed by atoms with Crippen LogP contribution in [-0.4, -0.2) is 34.5 Å². The van der Waals surface area contributed by atoms with Crippen LogP contribution in [0.25, 0.3) is 16.9 Å². The van der Waals surface area contributed by atoms with E-state index in [-0.39, 0.29) is 0 Å². The number of likely N-dealkylation sites (tertiary alicyclic amines) is 1. The van der Waals surface area contributed by atoms with Gasteiger partial charge in [0.05, 0.1) is 18.5 Å². The molecular formula is C21H26N4O. The lowest BCUT2D eigenvalue weighted by molar-refractivity contribution is 0.273. The van der Waals surface area contributed by atoms with Crippen LogP contribution in [0.1, 0.15) is 31.4 Å². The molecule has 1 aliphatic rings. The largest absolute Gasteiger partial charge is 0.497 e. The molecule has 5 nitrogen and oxygen atoms in total. The molecule has 3 aromatic rings. The smallest absolute Gasteiger partial charge is 0.137 e. The van der Waals surface area contributed by atoms with Crippen LogP contribution >= 0.6 is 0 Å². The molecule has 1 saturated heterocycles. The zero-order valence-corrected chi connectivity index (χ0v) is 15.3. The van der Waals surface area contributed by atoms with Gasteiger partial charge in [-0.25, -0.2) is 4.98 Å². The number of nitrogens with two attached hydrogens (primary N) is 1. The highest BCUT2D eigenvalue weighted by atomic mass is 16.5. The number of anilines is 1. The number of pyridine rings is 1. The van der Waals surface area contributed by atoms with E-state index < -0.39 is 0 Å². The van der Waals surface area contributed by atoms with E-state index in [1.54, 1.807) is 7.11 Å². The number of hydrogen-bond donors (Lipinski definition) is 1. The van der Waals surface area contributed by atoms with Gasteiger partial charge in [0.2, 0.25) is 0 Å². The Hall–Kier alpha value is -2.53. The van der Waals surface area contributed by atoms with Gasteiger partial charge in [-0.15, -0.1) is 0 Å². The van der Waals surface area contributed by atoms with E-state index in [4.69, 9.17) is 15.5 Å². The van der Waals surface area contributed by atoms with Crippen molar-refractivity contribution in [3.8, 4) is 17.0 Å². The maximum atomic E-state index is 6.06. The van der Waals surface area contributed by atoms with Crippen LogP contribution in [0.2, 0.25) is 0 Å². The summed E-state index contributed by atoms with van der Waals surface area (Å²) in [6.07, 6.45) is 7.21. The van der Waals surface area contributed by atoms with Crippen LogP contribution in [0.15, 0.2) is 42.6 Å². The number of nitrogen functional groups attached to an aromatic ring is 1. The number of fused-ring (bicyclic) bond motifs is 1. The molecule has 0 amide bonds. The van der Waals surface area contributed by atoms with Gasteiger partial charge in [0.15, 0.2) is 0 Å². The fourth-order valence-electron chi connectivity index (χ4n) is 3.75. The summed E-state index contributed by atoms with van der Waals surface area (Å²) in [5.74, 6) is 0.857. The van der Waals surface area contributed by atoms with Gasteiger partial charge in [-0.05, 0) is 62.3 Å². The first kappa shape index (κ1) is 16.9. The summed E-state index contributed by atoms with van der Waals surface area (Å²) < 4.78 is 7.45. The predicted molar refractivity (Wildman–Crippen MR) is 105 cm³/mol. The maximum absolute atomic E-state index is 6.06. The number of benzene rings is 1. The van der Waals surface area contributed by atoms with Gasteiger partial charge in [0.25, 0.3) is 0 Å². The number of rotatable bonds is 4. The molecule has 0 atom stereocenters.